The van der Waals surface area contributed by atoms with Crippen molar-refractivity contribution in [2.24, 2.45) is 0 Å². The van der Waals surface area contributed by atoms with E-state index in [0.717, 1.165) is 11.4 Å². The van der Waals surface area contributed by atoms with Gasteiger partial charge in [-0.2, -0.15) is 4.31 Å². The van der Waals surface area contributed by atoms with Crippen molar-refractivity contribution in [2.75, 3.05) is 36.8 Å². The zero-order valence-electron chi connectivity index (χ0n) is 10.8. The number of nitrogens with zero attached hydrogens (tertiary/aromatic N) is 3. The van der Waals surface area contributed by atoms with Crippen LogP contribution in [0.2, 0.25) is 0 Å². The third-order valence-electron chi connectivity index (χ3n) is 3.22. The van der Waals surface area contributed by atoms with Gasteiger partial charge in [-0.15, -0.1) is 0 Å². The fraction of sp³-hybridized carbons (Fsp3) is 0.583. The van der Waals surface area contributed by atoms with E-state index >= 15 is 0 Å². The lowest BCUT2D eigenvalue weighted by Gasteiger charge is -2.34. The fourth-order valence-corrected chi connectivity index (χ4v) is 3.11. The first-order chi connectivity index (χ1) is 8.53. The Morgan fingerprint density at radius 1 is 1.22 bits per heavy atom. The van der Waals surface area contributed by atoms with Crippen molar-refractivity contribution in [3.63, 3.8) is 0 Å². The first kappa shape index (κ1) is 13.3. The molecule has 0 saturated carbocycles. The second-order valence-electron chi connectivity index (χ2n) is 4.48. The molecule has 5 nitrogen and oxygen atoms in total. The van der Waals surface area contributed by atoms with Gasteiger partial charge in [0.05, 0.1) is 5.75 Å². The molecule has 0 spiro atoms. The zero-order valence-corrected chi connectivity index (χ0v) is 11.7. The monoisotopic (exact) mass is 269 g/mol. The van der Waals surface area contributed by atoms with Crippen LogP contribution in [0.1, 0.15) is 12.5 Å². The minimum Gasteiger partial charge on any atom is -0.354 e. The number of aromatic nitrogens is 1. The predicted molar refractivity (Wildman–Crippen MR) is 72.2 cm³/mol. The highest BCUT2D eigenvalue weighted by Gasteiger charge is 2.25. The van der Waals surface area contributed by atoms with Gasteiger partial charge in [-0.05, 0) is 25.5 Å². The highest BCUT2D eigenvalue weighted by molar-refractivity contribution is 7.89. The minimum atomic E-state index is -3.05. The topological polar surface area (TPSA) is 53.5 Å². The van der Waals surface area contributed by atoms with E-state index in [9.17, 15) is 8.42 Å². The lowest BCUT2D eigenvalue weighted by molar-refractivity contribution is 0.384. The van der Waals surface area contributed by atoms with Crippen molar-refractivity contribution in [3.05, 3.63) is 23.9 Å². The van der Waals surface area contributed by atoms with Gasteiger partial charge in [-0.1, -0.05) is 6.07 Å². The Kier molecular flexibility index (Phi) is 3.87. The summed E-state index contributed by atoms with van der Waals surface area (Å²) in [6, 6.07) is 4.01. The summed E-state index contributed by atoms with van der Waals surface area (Å²) < 4.78 is 25.0. The van der Waals surface area contributed by atoms with Crippen LogP contribution in [0.25, 0.3) is 0 Å². The van der Waals surface area contributed by atoms with Gasteiger partial charge in [-0.3, -0.25) is 0 Å². The molecule has 18 heavy (non-hydrogen) atoms. The molecule has 6 heteroatoms. The Hall–Kier alpha value is -1.14. The summed E-state index contributed by atoms with van der Waals surface area (Å²) in [6.45, 7) is 6.19. The number of hydrogen-bond acceptors (Lipinski definition) is 4. The van der Waals surface area contributed by atoms with E-state index in [1.165, 1.54) is 0 Å². The summed E-state index contributed by atoms with van der Waals surface area (Å²) in [5.41, 5.74) is 1.13. The van der Waals surface area contributed by atoms with E-state index < -0.39 is 10.0 Å². The van der Waals surface area contributed by atoms with Gasteiger partial charge in [-0.25, -0.2) is 13.4 Å². The summed E-state index contributed by atoms with van der Waals surface area (Å²) in [5.74, 6) is 1.10. The van der Waals surface area contributed by atoms with Crippen molar-refractivity contribution in [2.45, 2.75) is 13.8 Å². The number of anilines is 1. The number of rotatable bonds is 3. The van der Waals surface area contributed by atoms with Gasteiger partial charge in [0.1, 0.15) is 5.82 Å². The molecule has 0 radical (unpaired) electrons. The smallest absolute Gasteiger partial charge is 0.213 e. The second-order valence-corrected chi connectivity index (χ2v) is 6.74. The molecule has 0 amide bonds. The van der Waals surface area contributed by atoms with Gasteiger partial charge in [0, 0.05) is 32.4 Å². The molecule has 0 aromatic carbocycles. The summed E-state index contributed by atoms with van der Waals surface area (Å²) in [5, 5.41) is 0. The van der Waals surface area contributed by atoms with Crippen molar-refractivity contribution in [3.8, 4) is 0 Å². The maximum atomic E-state index is 11.7. The van der Waals surface area contributed by atoms with Crippen LogP contribution in [0.5, 0.6) is 0 Å². The fourth-order valence-electron chi connectivity index (χ4n) is 2.03. The molecule has 1 aromatic rings. The second kappa shape index (κ2) is 5.24. The Labute approximate surface area is 108 Å². The Morgan fingerprint density at radius 3 is 2.39 bits per heavy atom. The number of piperazine rings is 1. The summed E-state index contributed by atoms with van der Waals surface area (Å²) in [7, 11) is -3.05. The van der Waals surface area contributed by atoms with Gasteiger partial charge in [0.25, 0.3) is 0 Å². The van der Waals surface area contributed by atoms with Crippen LogP contribution in [0.4, 0.5) is 5.82 Å². The van der Waals surface area contributed by atoms with Gasteiger partial charge < -0.3 is 4.90 Å². The number of hydrogen-bond donors (Lipinski definition) is 0. The maximum absolute atomic E-state index is 11.7. The molecule has 1 aliphatic rings. The molecule has 1 aromatic heterocycles. The van der Waals surface area contributed by atoms with E-state index in [1.54, 1.807) is 11.2 Å². The molecule has 100 valence electrons. The van der Waals surface area contributed by atoms with Crippen LogP contribution < -0.4 is 4.90 Å². The number of sulfonamides is 1. The van der Waals surface area contributed by atoms with Crippen molar-refractivity contribution >= 4 is 15.8 Å². The third-order valence-corrected chi connectivity index (χ3v) is 5.10. The molecule has 1 saturated heterocycles. The Balaban J connectivity index is 2.01. The van der Waals surface area contributed by atoms with Crippen LogP contribution >= 0.6 is 0 Å². The lowest BCUT2D eigenvalue weighted by Crippen LogP contribution is -2.49. The number of pyridine rings is 1. The van der Waals surface area contributed by atoms with Crippen molar-refractivity contribution in [1.82, 2.24) is 9.29 Å². The average molecular weight is 269 g/mol. The standard InChI is InChI=1S/C12H19N3O2S/c1-3-18(16,17)15-8-6-14(7-9-15)12-5-4-11(2)10-13-12/h4-5,10H,3,6-9H2,1-2H3. The molecule has 0 atom stereocenters. The van der Waals surface area contributed by atoms with E-state index in [1.807, 2.05) is 25.3 Å². The summed E-state index contributed by atoms with van der Waals surface area (Å²) >= 11 is 0. The van der Waals surface area contributed by atoms with Gasteiger partial charge >= 0.3 is 0 Å². The lowest BCUT2D eigenvalue weighted by atomic mass is 10.3. The quantitative estimate of drug-likeness (QED) is 0.817. The van der Waals surface area contributed by atoms with Crippen LogP contribution in [0.3, 0.4) is 0 Å². The summed E-state index contributed by atoms with van der Waals surface area (Å²) in [4.78, 5) is 6.49. The SMILES string of the molecule is CCS(=O)(=O)N1CCN(c2ccc(C)cn2)CC1. The highest BCUT2D eigenvalue weighted by Crippen LogP contribution is 2.15. The first-order valence-electron chi connectivity index (χ1n) is 6.18. The highest BCUT2D eigenvalue weighted by atomic mass is 32.2. The molecule has 2 heterocycles. The molecule has 1 aliphatic heterocycles. The molecule has 0 N–H and O–H groups in total. The third kappa shape index (κ3) is 2.81. The van der Waals surface area contributed by atoms with Crippen molar-refractivity contribution < 1.29 is 8.42 Å². The van der Waals surface area contributed by atoms with Crippen LogP contribution in [-0.2, 0) is 10.0 Å². The van der Waals surface area contributed by atoms with Crippen molar-refractivity contribution in [1.29, 1.82) is 0 Å². The first-order valence-corrected chi connectivity index (χ1v) is 7.79. The molecular formula is C12H19N3O2S. The maximum Gasteiger partial charge on any atom is 0.213 e. The van der Waals surface area contributed by atoms with E-state index in [2.05, 4.69) is 9.88 Å². The molecule has 0 bridgehead atoms. The van der Waals surface area contributed by atoms with Crippen LogP contribution in [0.15, 0.2) is 18.3 Å². The zero-order chi connectivity index (χ0) is 13.2. The van der Waals surface area contributed by atoms with Gasteiger partial charge in [0.15, 0.2) is 0 Å². The summed E-state index contributed by atoms with van der Waals surface area (Å²) in [6.07, 6.45) is 1.84. The van der Waals surface area contributed by atoms with E-state index in [0.29, 0.717) is 26.2 Å². The van der Waals surface area contributed by atoms with Crippen LogP contribution in [0, 0.1) is 6.92 Å². The molecular weight excluding hydrogens is 250 g/mol. The van der Waals surface area contributed by atoms with E-state index in [-0.39, 0.29) is 5.75 Å². The normalized spacial score (nSPS) is 18.0. The Bertz CT molecular complexity index is 491. The average Bonchev–Trinajstić information content (AvgIpc) is 2.40. The number of aryl methyl sites for hydroxylation is 1. The minimum absolute atomic E-state index is 0.176. The van der Waals surface area contributed by atoms with Gasteiger partial charge in [0.2, 0.25) is 10.0 Å². The van der Waals surface area contributed by atoms with E-state index in [4.69, 9.17) is 0 Å². The molecule has 0 aliphatic carbocycles. The van der Waals surface area contributed by atoms with Crippen LogP contribution in [-0.4, -0.2) is 49.6 Å². The predicted octanol–water partition coefficient (Wildman–Crippen LogP) is 0.862. The largest absolute Gasteiger partial charge is 0.354 e. The Morgan fingerprint density at radius 2 is 1.89 bits per heavy atom. The molecule has 2 rings (SSSR count). The molecule has 0 unspecified atom stereocenters. The molecule has 1 fully saturated rings.